The summed E-state index contributed by atoms with van der Waals surface area (Å²) in [5, 5.41) is 7.86. The van der Waals surface area contributed by atoms with E-state index in [1.165, 1.54) is 0 Å². The Morgan fingerprint density at radius 2 is 1.89 bits per heavy atom. The molecule has 3 heterocycles. The molecule has 8 heteroatoms. The lowest BCUT2D eigenvalue weighted by Crippen LogP contribution is -2.49. The van der Waals surface area contributed by atoms with Crippen LogP contribution in [0.2, 0.25) is 0 Å². The molecule has 0 bridgehead atoms. The van der Waals surface area contributed by atoms with Gasteiger partial charge in [0, 0.05) is 50.4 Å². The monoisotopic (exact) mass is 364 g/mol. The van der Waals surface area contributed by atoms with Gasteiger partial charge < -0.3 is 14.2 Å². The van der Waals surface area contributed by atoms with Crippen molar-refractivity contribution >= 4 is 11.7 Å². The molecule has 0 atom stereocenters. The Kier molecular flexibility index (Phi) is 4.53. The van der Waals surface area contributed by atoms with Crippen LogP contribution in [0.15, 0.2) is 40.9 Å². The number of carbonyl (C=O) groups excluding carboxylic acids is 1. The van der Waals surface area contributed by atoms with Gasteiger partial charge in [-0.25, -0.2) is 9.97 Å². The van der Waals surface area contributed by atoms with Crippen LogP contribution in [0.5, 0.6) is 0 Å². The minimum absolute atomic E-state index is 0.00612. The van der Waals surface area contributed by atoms with Crippen LogP contribution in [-0.4, -0.2) is 57.2 Å². The standard InChI is InChI=1S/C19H20N6O2/c1-13-20-7-6-17(21-13)24-8-10-25(11-9-24)19(26)16-5-3-4-15(12-16)18-23-22-14(2)27-18/h3-7,12H,8-11H2,1-2H3. The van der Waals surface area contributed by atoms with E-state index in [0.717, 1.165) is 30.3 Å². The largest absolute Gasteiger partial charge is 0.421 e. The van der Waals surface area contributed by atoms with Crippen molar-refractivity contribution in [3.63, 3.8) is 0 Å². The van der Waals surface area contributed by atoms with Crippen molar-refractivity contribution in [3.8, 4) is 11.5 Å². The molecule has 0 N–H and O–H groups in total. The first kappa shape index (κ1) is 17.1. The Bertz CT molecular complexity index is 962. The fraction of sp³-hybridized carbons (Fsp3) is 0.316. The summed E-state index contributed by atoms with van der Waals surface area (Å²) in [5.41, 5.74) is 1.37. The van der Waals surface area contributed by atoms with Gasteiger partial charge >= 0.3 is 0 Å². The zero-order valence-corrected chi connectivity index (χ0v) is 15.3. The molecule has 1 aliphatic rings. The average molecular weight is 364 g/mol. The van der Waals surface area contributed by atoms with Crippen LogP contribution >= 0.6 is 0 Å². The number of anilines is 1. The Morgan fingerprint density at radius 3 is 2.59 bits per heavy atom. The third-order valence-electron chi connectivity index (χ3n) is 4.53. The van der Waals surface area contributed by atoms with Gasteiger partial charge in [0.05, 0.1) is 0 Å². The highest BCUT2D eigenvalue weighted by Gasteiger charge is 2.23. The molecule has 1 aliphatic heterocycles. The van der Waals surface area contributed by atoms with Gasteiger partial charge in [-0.15, -0.1) is 10.2 Å². The van der Waals surface area contributed by atoms with Crippen molar-refractivity contribution < 1.29 is 9.21 Å². The van der Waals surface area contributed by atoms with Crippen molar-refractivity contribution in [1.82, 2.24) is 25.1 Å². The van der Waals surface area contributed by atoms with E-state index >= 15 is 0 Å². The Morgan fingerprint density at radius 1 is 1.07 bits per heavy atom. The fourth-order valence-corrected chi connectivity index (χ4v) is 3.14. The second kappa shape index (κ2) is 7.14. The third-order valence-corrected chi connectivity index (χ3v) is 4.53. The molecule has 0 radical (unpaired) electrons. The lowest BCUT2D eigenvalue weighted by molar-refractivity contribution is 0.0746. The van der Waals surface area contributed by atoms with Crippen LogP contribution < -0.4 is 4.90 Å². The average Bonchev–Trinajstić information content (AvgIpc) is 3.14. The van der Waals surface area contributed by atoms with Crippen molar-refractivity contribution in [2.24, 2.45) is 0 Å². The van der Waals surface area contributed by atoms with E-state index in [1.54, 1.807) is 19.2 Å². The Labute approximate surface area is 156 Å². The van der Waals surface area contributed by atoms with Gasteiger partial charge in [-0.05, 0) is 31.2 Å². The predicted molar refractivity (Wildman–Crippen MR) is 99.4 cm³/mol. The maximum atomic E-state index is 12.9. The summed E-state index contributed by atoms with van der Waals surface area (Å²) in [7, 11) is 0. The van der Waals surface area contributed by atoms with E-state index in [9.17, 15) is 4.79 Å². The molecule has 8 nitrogen and oxygen atoms in total. The minimum Gasteiger partial charge on any atom is -0.421 e. The number of hydrogen-bond acceptors (Lipinski definition) is 7. The lowest BCUT2D eigenvalue weighted by Gasteiger charge is -2.35. The topological polar surface area (TPSA) is 88.3 Å². The van der Waals surface area contributed by atoms with E-state index in [4.69, 9.17) is 4.42 Å². The van der Waals surface area contributed by atoms with Crippen molar-refractivity contribution in [3.05, 3.63) is 53.8 Å². The number of rotatable bonds is 3. The molecular formula is C19H20N6O2. The van der Waals surface area contributed by atoms with Gasteiger partial charge in [-0.2, -0.15) is 0 Å². The second-order valence-corrected chi connectivity index (χ2v) is 6.45. The number of aryl methyl sites for hydroxylation is 2. The smallest absolute Gasteiger partial charge is 0.253 e. The second-order valence-electron chi connectivity index (χ2n) is 6.45. The predicted octanol–water partition coefficient (Wildman–Crippen LogP) is 2.11. The first-order valence-corrected chi connectivity index (χ1v) is 8.84. The minimum atomic E-state index is 0.00612. The van der Waals surface area contributed by atoms with Crippen molar-refractivity contribution in [2.75, 3.05) is 31.1 Å². The van der Waals surface area contributed by atoms with E-state index in [2.05, 4.69) is 25.1 Å². The molecule has 1 amide bonds. The summed E-state index contributed by atoms with van der Waals surface area (Å²) in [5.74, 6) is 2.58. The molecule has 138 valence electrons. The van der Waals surface area contributed by atoms with E-state index in [-0.39, 0.29) is 5.91 Å². The van der Waals surface area contributed by atoms with E-state index in [0.29, 0.717) is 30.4 Å². The van der Waals surface area contributed by atoms with Crippen LogP contribution in [-0.2, 0) is 0 Å². The summed E-state index contributed by atoms with van der Waals surface area (Å²) in [6, 6.07) is 9.21. The number of benzene rings is 1. The number of amides is 1. The molecule has 4 rings (SSSR count). The number of nitrogens with zero attached hydrogens (tertiary/aromatic N) is 6. The summed E-state index contributed by atoms with van der Waals surface area (Å²) in [6.45, 7) is 6.39. The Hall–Kier alpha value is -3.29. The normalized spacial score (nSPS) is 14.4. The van der Waals surface area contributed by atoms with Crippen molar-refractivity contribution in [1.29, 1.82) is 0 Å². The molecule has 0 saturated carbocycles. The molecule has 2 aromatic heterocycles. The zero-order chi connectivity index (χ0) is 18.8. The number of carbonyl (C=O) groups is 1. The molecule has 0 spiro atoms. The summed E-state index contributed by atoms with van der Waals surface area (Å²) in [4.78, 5) is 25.5. The van der Waals surface area contributed by atoms with Gasteiger partial charge in [-0.1, -0.05) is 6.07 Å². The van der Waals surface area contributed by atoms with Gasteiger partial charge in [-0.3, -0.25) is 4.79 Å². The van der Waals surface area contributed by atoms with Crippen LogP contribution in [0.1, 0.15) is 22.1 Å². The maximum absolute atomic E-state index is 12.9. The number of aromatic nitrogens is 4. The molecule has 1 fully saturated rings. The van der Waals surface area contributed by atoms with Crippen LogP contribution in [0.25, 0.3) is 11.5 Å². The molecule has 1 aromatic carbocycles. The number of piperazine rings is 1. The van der Waals surface area contributed by atoms with Crippen molar-refractivity contribution in [2.45, 2.75) is 13.8 Å². The summed E-state index contributed by atoms with van der Waals surface area (Å²) in [6.07, 6.45) is 1.76. The highest BCUT2D eigenvalue weighted by Crippen LogP contribution is 2.21. The van der Waals surface area contributed by atoms with Gasteiger partial charge in [0.25, 0.3) is 5.91 Å². The highest BCUT2D eigenvalue weighted by atomic mass is 16.4. The molecule has 1 saturated heterocycles. The summed E-state index contributed by atoms with van der Waals surface area (Å²) < 4.78 is 5.46. The molecule has 3 aromatic rings. The highest BCUT2D eigenvalue weighted by molar-refractivity contribution is 5.95. The van der Waals surface area contributed by atoms with Gasteiger partial charge in [0.15, 0.2) is 0 Å². The number of hydrogen-bond donors (Lipinski definition) is 0. The molecule has 27 heavy (non-hydrogen) atoms. The zero-order valence-electron chi connectivity index (χ0n) is 15.3. The Balaban J connectivity index is 1.45. The fourth-order valence-electron chi connectivity index (χ4n) is 3.14. The lowest BCUT2D eigenvalue weighted by atomic mass is 10.1. The van der Waals surface area contributed by atoms with Crippen LogP contribution in [0.4, 0.5) is 5.82 Å². The van der Waals surface area contributed by atoms with Gasteiger partial charge in [0.1, 0.15) is 11.6 Å². The third kappa shape index (κ3) is 3.64. The summed E-state index contributed by atoms with van der Waals surface area (Å²) >= 11 is 0. The van der Waals surface area contributed by atoms with Gasteiger partial charge in [0.2, 0.25) is 11.8 Å². The quantitative estimate of drug-likeness (QED) is 0.703. The van der Waals surface area contributed by atoms with Crippen LogP contribution in [0, 0.1) is 13.8 Å². The molecule has 0 unspecified atom stereocenters. The van der Waals surface area contributed by atoms with E-state index < -0.39 is 0 Å². The first-order valence-electron chi connectivity index (χ1n) is 8.84. The van der Waals surface area contributed by atoms with E-state index in [1.807, 2.05) is 36.1 Å². The SMILES string of the molecule is Cc1nccc(N2CCN(C(=O)c3cccc(-c4nnc(C)o4)c3)CC2)n1. The molecule has 0 aliphatic carbocycles. The first-order chi connectivity index (χ1) is 13.1. The molecular weight excluding hydrogens is 344 g/mol. The maximum Gasteiger partial charge on any atom is 0.253 e. The van der Waals surface area contributed by atoms with Crippen LogP contribution in [0.3, 0.4) is 0 Å².